The molecule has 28 heavy (non-hydrogen) atoms. The van der Waals surface area contributed by atoms with Crippen molar-refractivity contribution in [1.82, 2.24) is 9.80 Å². The van der Waals surface area contributed by atoms with Crippen LogP contribution in [0.3, 0.4) is 0 Å². The first-order valence-corrected chi connectivity index (χ1v) is 11.3. The average molecular weight is 415 g/mol. The largest absolute Gasteiger partial charge is 0.458 e. The molecule has 0 fully saturated rings. The summed E-state index contributed by atoms with van der Waals surface area (Å²) in [6.07, 6.45) is 0.623. The van der Waals surface area contributed by atoms with Gasteiger partial charge in [-0.15, -0.1) is 0 Å². The van der Waals surface area contributed by atoms with Crippen molar-refractivity contribution in [3.05, 3.63) is 35.9 Å². The third-order valence-electron chi connectivity index (χ3n) is 4.86. The van der Waals surface area contributed by atoms with Crippen molar-refractivity contribution in [3.8, 4) is 0 Å². The maximum absolute atomic E-state index is 13.1. The van der Waals surface area contributed by atoms with E-state index < -0.39 is 33.6 Å². The second-order valence-electron chi connectivity index (χ2n) is 7.40. The lowest BCUT2D eigenvalue weighted by Gasteiger charge is -2.34. The summed E-state index contributed by atoms with van der Waals surface area (Å²) in [6, 6.07) is 8.00. The topological polar surface area (TPSA) is 87.2 Å². The summed E-state index contributed by atoms with van der Waals surface area (Å²) in [5.41, 5.74) is -0.0465. The number of nitrogens with zero attached hydrogens (tertiary/aromatic N) is 2. The van der Waals surface area contributed by atoms with Crippen LogP contribution in [0.1, 0.15) is 52.6 Å². The summed E-state index contributed by atoms with van der Waals surface area (Å²) < 4.78 is 38.5. The van der Waals surface area contributed by atoms with E-state index in [0.717, 1.165) is 13.1 Å². The Balaban J connectivity index is 3.26. The SMILES string of the molecule is CCN(CC)CCN(CS(=O)(=O)O)C(C(=O)OC(C)(C)CC)c1ccccc1. The molecule has 160 valence electrons. The fourth-order valence-electron chi connectivity index (χ4n) is 2.82. The molecule has 0 saturated heterocycles. The van der Waals surface area contributed by atoms with Crippen LogP contribution in [0, 0.1) is 0 Å². The van der Waals surface area contributed by atoms with Crippen molar-refractivity contribution in [1.29, 1.82) is 0 Å². The van der Waals surface area contributed by atoms with Gasteiger partial charge in [-0.3, -0.25) is 9.45 Å². The van der Waals surface area contributed by atoms with Gasteiger partial charge in [-0.05, 0) is 38.9 Å². The highest BCUT2D eigenvalue weighted by Crippen LogP contribution is 2.26. The van der Waals surface area contributed by atoms with E-state index in [0.29, 0.717) is 25.1 Å². The lowest BCUT2D eigenvalue weighted by atomic mass is 10.0. The monoisotopic (exact) mass is 414 g/mol. The van der Waals surface area contributed by atoms with Crippen LogP contribution in [0.5, 0.6) is 0 Å². The van der Waals surface area contributed by atoms with Crippen molar-refractivity contribution < 1.29 is 22.5 Å². The Morgan fingerprint density at radius 2 is 1.68 bits per heavy atom. The fourth-order valence-corrected chi connectivity index (χ4v) is 3.52. The number of benzene rings is 1. The van der Waals surface area contributed by atoms with Crippen LogP contribution in [0.4, 0.5) is 0 Å². The summed E-state index contributed by atoms with van der Waals surface area (Å²) in [5.74, 6) is -1.17. The Morgan fingerprint density at radius 1 is 1.11 bits per heavy atom. The van der Waals surface area contributed by atoms with E-state index in [2.05, 4.69) is 4.90 Å². The van der Waals surface area contributed by atoms with Crippen molar-refractivity contribution in [2.75, 3.05) is 32.1 Å². The van der Waals surface area contributed by atoms with Gasteiger partial charge in [-0.2, -0.15) is 8.42 Å². The molecule has 1 aromatic carbocycles. The number of rotatable bonds is 12. The van der Waals surface area contributed by atoms with Gasteiger partial charge in [0.15, 0.2) is 0 Å². The molecule has 0 aliphatic heterocycles. The molecule has 1 rings (SSSR count). The van der Waals surface area contributed by atoms with E-state index in [1.165, 1.54) is 4.90 Å². The van der Waals surface area contributed by atoms with E-state index in [9.17, 15) is 17.8 Å². The lowest BCUT2D eigenvalue weighted by molar-refractivity contribution is -0.163. The molecule has 1 atom stereocenters. The first kappa shape index (κ1) is 24.6. The third-order valence-corrected chi connectivity index (χ3v) is 5.52. The first-order valence-electron chi connectivity index (χ1n) is 9.72. The number of carbonyl (C=O) groups excluding carboxylic acids is 1. The molecule has 0 aliphatic carbocycles. The first-order chi connectivity index (χ1) is 13.0. The molecule has 1 N–H and O–H groups in total. The van der Waals surface area contributed by atoms with Crippen LogP contribution in [0.15, 0.2) is 30.3 Å². The Labute approximate surface area is 169 Å². The van der Waals surface area contributed by atoms with E-state index in [-0.39, 0.29) is 0 Å². The predicted octanol–water partition coefficient (Wildman–Crippen LogP) is 2.95. The minimum Gasteiger partial charge on any atom is -0.458 e. The molecule has 0 amide bonds. The van der Waals surface area contributed by atoms with Crippen molar-refractivity contribution in [3.63, 3.8) is 0 Å². The summed E-state index contributed by atoms with van der Waals surface area (Å²) in [4.78, 5) is 16.7. The Hall–Kier alpha value is -1.48. The fraction of sp³-hybridized carbons (Fsp3) is 0.650. The molecule has 7 nitrogen and oxygen atoms in total. The molecular weight excluding hydrogens is 380 g/mol. The van der Waals surface area contributed by atoms with Crippen molar-refractivity contribution >= 4 is 16.1 Å². The van der Waals surface area contributed by atoms with Crippen molar-refractivity contribution in [2.24, 2.45) is 0 Å². The van der Waals surface area contributed by atoms with Crippen LogP contribution in [0.2, 0.25) is 0 Å². The zero-order valence-electron chi connectivity index (χ0n) is 17.6. The van der Waals surface area contributed by atoms with E-state index in [1.54, 1.807) is 24.3 Å². The molecule has 0 spiro atoms. The van der Waals surface area contributed by atoms with E-state index >= 15 is 0 Å². The zero-order valence-corrected chi connectivity index (χ0v) is 18.4. The molecule has 0 bridgehead atoms. The molecule has 0 heterocycles. The van der Waals surface area contributed by atoms with Gasteiger partial charge >= 0.3 is 5.97 Å². The molecule has 1 aromatic rings. The van der Waals surface area contributed by atoms with Crippen molar-refractivity contribution in [2.45, 2.75) is 52.7 Å². The summed E-state index contributed by atoms with van der Waals surface area (Å²) >= 11 is 0. The molecule has 0 aliphatic rings. The Bertz CT molecular complexity index is 703. The Morgan fingerprint density at radius 3 is 2.14 bits per heavy atom. The standard InChI is InChI=1S/C20H34N2O5S/c1-6-20(4,5)27-19(23)18(17-12-10-9-11-13-17)22(16-28(24,25)26)15-14-21(7-2)8-3/h9-13,18H,6-8,14-16H2,1-5H3,(H,24,25,26). The maximum atomic E-state index is 13.1. The zero-order chi connectivity index (χ0) is 21.4. The molecule has 0 aromatic heterocycles. The van der Waals surface area contributed by atoms with Crippen LogP contribution < -0.4 is 0 Å². The summed E-state index contributed by atoms with van der Waals surface area (Å²) in [5, 5.41) is 0. The predicted molar refractivity (Wildman–Crippen MR) is 111 cm³/mol. The summed E-state index contributed by atoms with van der Waals surface area (Å²) in [6.45, 7) is 12.1. The maximum Gasteiger partial charge on any atom is 0.328 e. The van der Waals surface area contributed by atoms with Crippen LogP contribution in [-0.4, -0.2) is 66.4 Å². The highest BCUT2D eigenvalue weighted by atomic mass is 32.2. The quantitative estimate of drug-likeness (QED) is 0.416. The molecule has 8 heteroatoms. The highest BCUT2D eigenvalue weighted by Gasteiger charge is 2.34. The second-order valence-corrected chi connectivity index (χ2v) is 8.82. The van der Waals surface area contributed by atoms with Crippen LogP contribution in [0.25, 0.3) is 0 Å². The van der Waals surface area contributed by atoms with Gasteiger partial charge in [0.2, 0.25) is 0 Å². The van der Waals surface area contributed by atoms with Gasteiger partial charge < -0.3 is 9.64 Å². The van der Waals surface area contributed by atoms with Crippen LogP contribution in [-0.2, 0) is 19.6 Å². The minimum absolute atomic E-state index is 0.294. The van der Waals surface area contributed by atoms with Gasteiger partial charge in [0, 0.05) is 13.1 Å². The van der Waals surface area contributed by atoms with E-state index in [1.807, 2.05) is 40.7 Å². The number of ether oxygens (including phenoxy) is 1. The lowest BCUT2D eigenvalue weighted by Crippen LogP contribution is -2.44. The molecular formula is C20H34N2O5S. The number of hydrogen-bond donors (Lipinski definition) is 1. The minimum atomic E-state index is -4.32. The number of carbonyl (C=O) groups is 1. The number of hydrogen-bond acceptors (Lipinski definition) is 6. The average Bonchev–Trinajstić information content (AvgIpc) is 2.61. The van der Waals surface area contributed by atoms with Crippen LogP contribution >= 0.6 is 0 Å². The molecule has 1 unspecified atom stereocenters. The third kappa shape index (κ3) is 8.26. The van der Waals surface area contributed by atoms with Gasteiger partial charge in [0.25, 0.3) is 10.1 Å². The molecule has 0 radical (unpaired) electrons. The summed E-state index contributed by atoms with van der Waals surface area (Å²) in [7, 11) is -4.32. The van der Waals surface area contributed by atoms with Gasteiger partial charge in [-0.25, -0.2) is 4.79 Å². The number of likely N-dealkylation sites (N-methyl/N-ethyl adjacent to an activating group) is 1. The van der Waals surface area contributed by atoms with E-state index in [4.69, 9.17) is 4.74 Å². The Kier molecular flexibility index (Phi) is 9.56. The second kappa shape index (κ2) is 10.9. The van der Waals surface area contributed by atoms with Gasteiger partial charge in [0.05, 0.1) is 0 Å². The van der Waals surface area contributed by atoms with Gasteiger partial charge in [0.1, 0.15) is 17.5 Å². The highest BCUT2D eigenvalue weighted by molar-refractivity contribution is 7.85. The van der Waals surface area contributed by atoms with Gasteiger partial charge in [-0.1, -0.05) is 51.1 Å². The molecule has 0 saturated carbocycles. The normalized spacial score (nSPS) is 13.7. The number of esters is 1. The smallest absolute Gasteiger partial charge is 0.328 e.